The second-order valence-electron chi connectivity index (χ2n) is 5.84. The van der Waals surface area contributed by atoms with E-state index in [0.717, 1.165) is 0 Å². The number of pyridine rings is 1. The van der Waals surface area contributed by atoms with Gasteiger partial charge in [0, 0.05) is 18.3 Å². The maximum Gasteiger partial charge on any atom is 0.408 e. The Bertz CT molecular complexity index is 554. The van der Waals surface area contributed by atoms with E-state index in [1.165, 1.54) is 0 Å². The molecule has 0 radical (unpaired) electrons. The van der Waals surface area contributed by atoms with Gasteiger partial charge in [-0.25, -0.2) is 4.79 Å². The third kappa shape index (κ3) is 7.79. The van der Waals surface area contributed by atoms with E-state index in [0.29, 0.717) is 5.69 Å². The van der Waals surface area contributed by atoms with Gasteiger partial charge in [0.05, 0.1) is 0 Å². The molecular weight excluding hydrogens is 302 g/mol. The first kappa shape index (κ1) is 18.4. The first-order valence-corrected chi connectivity index (χ1v) is 7.06. The number of ether oxygens (including phenoxy) is 1. The van der Waals surface area contributed by atoms with E-state index in [1.807, 2.05) is 0 Å². The van der Waals surface area contributed by atoms with Gasteiger partial charge in [-0.15, -0.1) is 0 Å². The molecule has 0 aliphatic rings. The number of carbonyl (C=O) groups excluding carboxylic acids is 2. The first-order valence-electron chi connectivity index (χ1n) is 7.06. The quantitative estimate of drug-likeness (QED) is 0.710. The highest BCUT2D eigenvalue weighted by Gasteiger charge is 2.25. The van der Waals surface area contributed by atoms with Crippen LogP contribution in [0.4, 0.5) is 4.79 Å². The van der Waals surface area contributed by atoms with Gasteiger partial charge in [0.1, 0.15) is 18.2 Å². The Morgan fingerprint density at radius 1 is 1.30 bits per heavy atom. The molecule has 126 valence electrons. The Morgan fingerprint density at radius 2 is 2.00 bits per heavy atom. The van der Waals surface area contributed by atoms with Gasteiger partial charge in [0.25, 0.3) is 0 Å². The highest BCUT2D eigenvalue weighted by atomic mass is 16.6. The van der Waals surface area contributed by atoms with Gasteiger partial charge in [0.2, 0.25) is 5.91 Å². The molecule has 0 saturated heterocycles. The zero-order valence-electron chi connectivity index (χ0n) is 13.3. The summed E-state index contributed by atoms with van der Waals surface area (Å²) >= 11 is 0. The summed E-state index contributed by atoms with van der Waals surface area (Å²) in [5.41, 5.74) is -0.129. The van der Waals surface area contributed by atoms with Gasteiger partial charge < -0.3 is 20.5 Å². The molecule has 1 rings (SSSR count). The normalized spacial score (nSPS) is 12.1. The number of amides is 2. The summed E-state index contributed by atoms with van der Waals surface area (Å²) in [7, 11) is 0. The molecular formula is C15H21N3O5. The van der Waals surface area contributed by atoms with Crippen molar-refractivity contribution in [1.82, 2.24) is 15.6 Å². The van der Waals surface area contributed by atoms with Crippen LogP contribution >= 0.6 is 0 Å². The molecule has 1 aromatic rings. The van der Waals surface area contributed by atoms with E-state index in [9.17, 15) is 14.4 Å². The Morgan fingerprint density at radius 3 is 2.52 bits per heavy atom. The van der Waals surface area contributed by atoms with Crippen LogP contribution < -0.4 is 10.6 Å². The summed E-state index contributed by atoms with van der Waals surface area (Å²) in [6, 6.07) is 4.19. The number of hydrogen-bond acceptors (Lipinski definition) is 5. The van der Waals surface area contributed by atoms with Crippen molar-refractivity contribution >= 4 is 18.0 Å². The summed E-state index contributed by atoms with van der Waals surface area (Å²) in [4.78, 5) is 38.6. The second-order valence-corrected chi connectivity index (χ2v) is 5.84. The summed E-state index contributed by atoms with van der Waals surface area (Å²) in [6.45, 7) is 4.56. The summed E-state index contributed by atoms with van der Waals surface area (Å²) in [6.07, 6.45) is 0.921. The van der Waals surface area contributed by atoms with Crippen molar-refractivity contribution in [3.05, 3.63) is 30.1 Å². The average molecular weight is 323 g/mol. The number of nitrogens with zero attached hydrogens (tertiary/aromatic N) is 1. The fourth-order valence-electron chi connectivity index (χ4n) is 1.67. The standard InChI is InChI=1S/C15H21N3O5/c1-15(2,3)23-14(22)18-11(13(21)17-9-12(19)20)8-10-6-4-5-7-16-10/h4-7,11H,8-9H2,1-3H3,(H,17,21)(H,18,22)(H,19,20)/t11-/m0/s1. The topological polar surface area (TPSA) is 118 Å². The number of hydrogen-bond donors (Lipinski definition) is 3. The minimum atomic E-state index is -1.17. The number of aromatic nitrogens is 1. The number of rotatable bonds is 6. The molecule has 0 aromatic carbocycles. The number of nitrogens with one attached hydrogen (secondary N) is 2. The van der Waals surface area contributed by atoms with Gasteiger partial charge >= 0.3 is 12.1 Å². The van der Waals surface area contributed by atoms with Gasteiger partial charge in [-0.2, -0.15) is 0 Å². The van der Waals surface area contributed by atoms with E-state index in [-0.39, 0.29) is 6.42 Å². The van der Waals surface area contributed by atoms with Crippen LogP contribution in [0.15, 0.2) is 24.4 Å². The monoisotopic (exact) mass is 323 g/mol. The van der Waals surface area contributed by atoms with Crippen molar-refractivity contribution in [2.24, 2.45) is 0 Å². The van der Waals surface area contributed by atoms with Crippen LogP contribution in [0.1, 0.15) is 26.5 Å². The van der Waals surface area contributed by atoms with Crippen molar-refractivity contribution < 1.29 is 24.2 Å². The lowest BCUT2D eigenvalue weighted by atomic mass is 10.1. The van der Waals surface area contributed by atoms with Crippen LogP contribution in [0.2, 0.25) is 0 Å². The molecule has 0 aliphatic heterocycles. The molecule has 0 fully saturated rings. The fourth-order valence-corrected chi connectivity index (χ4v) is 1.67. The zero-order chi connectivity index (χ0) is 17.5. The van der Waals surface area contributed by atoms with E-state index in [2.05, 4.69) is 15.6 Å². The lowest BCUT2D eigenvalue weighted by molar-refractivity contribution is -0.138. The number of carboxylic acid groups (broad SMARTS) is 1. The van der Waals surface area contributed by atoms with Crippen LogP contribution in [0.25, 0.3) is 0 Å². The molecule has 3 N–H and O–H groups in total. The molecule has 23 heavy (non-hydrogen) atoms. The Labute approximate surface area is 134 Å². The largest absolute Gasteiger partial charge is 0.480 e. The predicted octanol–water partition coefficient (Wildman–Crippen LogP) is 0.718. The molecule has 8 heteroatoms. The first-order chi connectivity index (χ1) is 10.7. The lowest BCUT2D eigenvalue weighted by Gasteiger charge is -2.23. The molecule has 0 bridgehead atoms. The lowest BCUT2D eigenvalue weighted by Crippen LogP contribution is -2.50. The van der Waals surface area contributed by atoms with E-state index in [4.69, 9.17) is 9.84 Å². The third-order valence-corrected chi connectivity index (χ3v) is 2.56. The minimum absolute atomic E-state index is 0.117. The van der Waals surface area contributed by atoms with Gasteiger partial charge in [-0.1, -0.05) is 6.07 Å². The average Bonchev–Trinajstić information content (AvgIpc) is 2.43. The van der Waals surface area contributed by atoms with E-state index >= 15 is 0 Å². The highest BCUT2D eigenvalue weighted by molar-refractivity contribution is 5.88. The second kappa shape index (κ2) is 8.11. The van der Waals surface area contributed by atoms with Gasteiger partial charge in [0.15, 0.2) is 0 Å². The maximum atomic E-state index is 12.1. The van der Waals surface area contributed by atoms with Gasteiger partial charge in [-0.3, -0.25) is 14.6 Å². The van der Waals surface area contributed by atoms with Crippen LogP contribution in [0.5, 0.6) is 0 Å². The Balaban J connectivity index is 2.77. The highest BCUT2D eigenvalue weighted by Crippen LogP contribution is 2.08. The predicted molar refractivity (Wildman–Crippen MR) is 81.7 cm³/mol. The number of aliphatic carboxylic acids is 1. The molecule has 0 spiro atoms. The van der Waals surface area contributed by atoms with Crippen LogP contribution in [-0.4, -0.2) is 46.2 Å². The third-order valence-electron chi connectivity index (χ3n) is 2.56. The summed E-state index contributed by atoms with van der Waals surface area (Å²) in [5, 5.41) is 13.3. The Hall–Kier alpha value is -2.64. The molecule has 0 saturated carbocycles. The SMILES string of the molecule is CC(C)(C)OC(=O)N[C@@H](Cc1ccccn1)C(=O)NCC(=O)O. The molecule has 8 nitrogen and oxygen atoms in total. The fraction of sp³-hybridized carbons (Fsp3) is 0.467. The zero-order valence-corrected chi connectivity index (χ0v) is 13.3. The molecule has 0 unspecified atom stereocenters. The van der Waals surface area contributed by atoms with Crippen molar-refractivity contribution in [2.75, 3.05) is 6.54 Å². The van der Waals surface area contributed by atoms with E-state index in [1.54, 1.807) is 45.2 Å². The smallest absolute Gasteiger partial charge is 0.408 e. The molecule has 0 aliphatic carbocycles. The molecule has 1 atom stereocenters. The minimum Gasteiger partial charge on any atom is -0.480 e. The van der Waals surface area contributed by atoms with Crippen molar-refractivity contribution in [3.63, 3.8) is 0 Å². The van der Waals surface area contributed by atoms with Crippen LogP contribution in [-0.2, 0) is 20.7 Å². The summed E-state index contributed by atoms with van der Waals surface area (Å²) < 4.78 is 5.11. The molecule has 1 aromatic heterocycles. The Kier molecular flexibility index (Phi) is 6.49. The summed E-state index contributed by atoms with van der Waals surface area (Å²) in [5.74, 6) is -1.80. The van der Waals surface area contributed by atoms with Crippen LogP contribution in [0, 0.1) is 0 Å². The van der Waals surface area contributed by atoms with Crippen LogP contribution in [0.3, 0.4) is 0 Å². The molecule has 1 heterocycles. The van der Waals surface area contributed by atoms with E-state index < -0.39 is 36.2 Å². The van der Waals surface area contributed by atoms with Crippen molar-refractivity contribution in [3.8, 4) is 0 Å². The van der Waals surface area contributed by atoms with Crippen molar-refractivity contribution in [1.29, 1.82) is 0 Å². The maximum absolute atomic E-state index is 12.1. The van der Waals surface area contributed by atoms with Crippen molar-refractivity contribution in [2.45, 2.75) is 38.8 Å². The molecule has 2 amide bonds. The number of carboxylic acids is 1. The number of carbonyl (C=O) groups is 3. The van der Waals surface area contributed by atoms with Gasteiger partial charge in [-0.05, 0) is 32.9 Å². The number of alkyl carbamates (subject to hydrolysis) is 1.